The van der Waals surface area contributed by atoms with Gasteiger partial charge in [0, 0.05) is 12.0 Å². The summed E-state index contributed by atoms with van der Waals surface area (Å²) in [5.41, 5.74) is 2.26. The molecule has 0 saturated heterocycles. The Morgan fingerprint density at radius 2 is 1.83 bits per heavy atom. The zero-order chi connectivity index (χ0) is 17.0. The van der Waals surface area contributed by atoms with Crippen LogP contribution in [0.1, 0.15) is 66.2 Å². The standard InChI is InChI=1S/C20H28O3/c1-14(2)16-9-7-15(3)8-12-18(21)20(4)13-5-6-17(11-10-16)19(22)23-20/h6-7,9,14H,5,8,10-13H2,1-4H3/b15-7-,16-9+. The van der Waals surface area contributed by atoms with Gasteiger partial charge in [0.1, 0.15) is 0 Å². The van der Waals surface area contributed by atoms with E-state index in [2.05, 4.69) is 32.9 Å². The largest absolute Gasteiger partial charge is 0.448 e. The van der Waals surface area contributed by atoms with Gasteiger partial charge in [-0.05, 0) is 51.9 Å². The topological polar surface area (TPSA) is 43.4 Å². The number of esters is 1. The van der Waals surface area contributed by atoms with E-state index in [0.717, 1.165) is 12.8 Å². The van der Waals surface area contributed by atoms with Gasteiger partial charge in [-0.15, -0.1) is 0 Å². The predicted octanol–water partition coefficient (Wildman–Crippen LogP) is 4.68. The van der Waals surface area contributed by atoms with Crippen molar-refractivity contribution in [1.82, 2.24) is 0 Å². The first-order chi connectivity index (χ1) is 10.8. The third-order valence-electron chi connectivity index (χ3n) is 4.94. The molecule has 0 fully saturated rings. The Bertz CT molecular complexity index is 578. The van der Waals surface area contributed by atoms with E-state index in [9.17, 15) is 9.59 Å². The maximum atomic E-state index is 12.6. The molecule has 1 atom stereocenters. The van der Waals surface area contributed by atoms with Crippen LogP contribution in [0, 0.1) is 5.92 Å². The van der Waals surface area contributed by atoms with Crippen molar-refractivity contribution in [2.45, 2.75) is 71.8 Å². The number of ketones is 1. The molecule has 0 aromatic rings. The van der Waals surface area contributed by atoms with Gasteiger partial charge in [0.2, 0.25) is 0 Å². The number of allylic oxidation sites excluding steroid dienone is 5. The second-order valence-electron chi connectivity index (χ2n) is 7.22. The van der Waals surface area contributed by atoms with E-state index >= 15 is 0 Å². The van der Waals surface area contributed by atoms with Crippen molar-refractivity contribution >= 4 is 11.8 Å². The molecular weight excluding hydrogens is 288 g/mol. The molecule has 2 aliphatic rings. The molecule has 2 aliphatic heterocycles. The molecule has 126 valence electrons. The molecule has 1 unspecified atom stereocenters. The number of hydrogen-bond donors (Lipinski definition) is 0. The van der Waals surface area contributed by atoms with E-state index < -0.39 is 5.60 Å². The van der Waals surface area contributed by atoms with Crippen LogP contribution in [0.4, 0.5) is 0 Å². The summed E-state index contributed by atoms with van der Waals surface area (Å²) in [6.07, 6.45) is 10.2. The summed E-state index contributed by atoms with van der Waals surface area (Å²) in [7, 11) is 0. The van der Waals surface area contributed by atoms with Crippen molar-refractivity contribution in [2.75, 3.05) is 0 Å². The number of rotatable bonds is 1. The van der Waals surface area contributed by atoms with Crippen molar-refractivity contribution in [3.63, 3.8) is 0 Å². The zero-order valence-corrected chi connectivity index (χ0v) is 14.8. The van der Waals surface area contributed by atoms with E-state index in [1.165, 1.54) is 11.1 Å². The minimum atomic E-state index is -0.974. The van der Waals surface area contributed by atoms with Crippen LogP contribution in [0.3, 0.4) is 0 Å². The normalized spacial score (nSPS) is 31.6. The number of fused-ring (bicyclic) bond motifs is 3. The van der Waals surface area contributed by atoms with Gasteiger partial charge in [0.05, 0.1) is 0 Å². The lowest BCUT2D eigenvalue weighted by atomic mass is 9.90. The van der Waals surface area contributed by atoms with Crippen LogP contribution in [0.25, 0.3) is 0 Å². The molecule has 0 saturated carbocycles. The maximum absolute atomic E-state index is 12.6. The molecule has 0 aromatic heterocycles. The van der Waals surface area contributed by atoms with Gasteiger partial charge in [-0.25, -0.2) is 4.79 Å². The molecule has 3 heteroatoms. The second-order valence-corrected chi connectivity index (χ2v) is 7.22. The summed E-state index contributed by atoms with van der Waals surface area (Å²) >= 11 is 0. The molecule has 2 rings (SSSR count). The third kappa shape index (κ3) is 4.43. The fourth-order valence-electron chi connectivity index (χ4n) is 3.08. The first-order valence-electron chi connectivity index (χ1n) is 8.64. The first kappa shape index (κ1) is 17.7. The van der Waals surface area contributed by atoms with Gasteiger partial charge in [-0.3, -0.25) is 4.79 Å². The van der Waals surface area contributed by atoms with E-state index in [-0.39, 0.29) is 11.8 Å². The van der Waals surface area contributed by atoms with Crippen LogP contribution >= 0.6 is 0 Å². The highest BCUT2D eigenvalue weighted by Crippen LogP contribution is 2.30. The Hall–Kier alpha value is -1.64. The lowest BCUT2D eigenvalue weighted by Crippen LogP contribution is -2.39. The third-order valence-corrected chi connectivity index (χ3v) is 4.94. The molecule has 3 nitrogen and oxygen atoms in total. The Labute approximate surface area is 139 Å². The van der Waals surface area contributed by atoms with Crippen molar-refractivity contribution < 1.29 is 14.3 Å². The SMILES string of the molecule is C/C1=C/C=C(/C(C)C)CCC2=CCCC(C)(OC2=O)C(=O)CC1. The van der Waals surface area contributed by atoms with Crippen molar-refractivity contribution in [3.8, 4) is 0 Å². The van der Waals surface area contributed by atoms with Gasteiger partial charge < -0.3 is 4.74 Å². The van der Waals surface area contributed by atoms with E-state index in [4.69, 9.17) is 4.74 Å². The van der Waals surface area contributed by atoms with Crippen molar-refractivity contribution in [2.24, 2.45) is 5.92 Å². The zero-order valence-electron chi connectivity index (χ0n) is 14.8. The Morgan fingerprint density at radius 1 is 1.09 bits per heavy atom. The highest BCUT2D eigenvalue weighted by atomic mass is 16.6. The Balaban J connectivity index is 2.34. The lowest BCUT2D eigenvalue weighted by molar-refractivity contribution is -0.162. The quantitative estimate of drug-likeness (QED) is 0.660. The Kier molecular flexibility index (Phi) is 5.61. The fourth-order valence-corrected chi connectivity index (χ4v) is 3.08. The molecular formula is C20H28O3. The molecule has 0 aliphatic carbocycles. The fraction of sp³-hybridized carbons (Fsp3) is 0.600. The highest BCUT2D eigenvalue weighted by molar-refractivity contribution is 5.94. The number of carbonyl (C=O) groups is 2. The predicted molar refractivity (Wildman–Crippen MR) is 92.0 cm³/mol. The smallest absolute Gasteiger partial charge is 0.334 e. The van der Waals surface area contributed by atoms with E-state index in [1.807, 2.05) is 6.08 Å². The van der Waals surface area contributed by atoms with E-state index in [1.54, 1.807) is 6.92 Å². The monoisotopic (exact) mass is 316 g/mol. The minimum absolute atomic E-state index is 0.0283. The van der Waals surface area contributed by atoms with Gasteiger partial charge in [0.25, 0.3) is 0 Å². The first-order valence-corrected chi connectivity index (χ1v) is 8.64. The van der Waals surface area contributed by atoms with Crippen molar-refractivity contribution in [3.05, 3.63) is 34.9 Å². The number of ether oxygens (including phenoxy) is 1. The summed E-state index contributed by atoms with van der Waals surface area (Å²) in [4.78, 5) is 25.0. The summed E-state index contributed by atoms with van der Waals surface area (Å²) in [6.45, 7) is 8.17. The lowest BCUT2D eigenvalue weighted by Gasteiger charge is -2.26. The van der Waals surface area contributed by atoms with Crippen molar-refractivity contribution in [1.29, 1.82) is 0 Å². The molecule has 0 amide bonds. The summed E-state index contributed by atoms with van der Waals surface area (Å²) in [5.74, 6) is 0.157. The van der Waals surface area contributed by atoms with Crippen LogP contribution in [0.2, 0.25) is 0 Å². The summed E-state index contributed by atoms with van der Waals surface area (Å²) in [5, 5.41) is 0. The number of carbonyl (C=O) groups excluding carboxylic acids is 2. The highest BCUT2D eigenvalue weighted by Gasteiger charge is 2.38. The molecule has 0 spiro atoms. The molecule has 23 heavy (non-hydrogen) atoms. The molecule has 0 N–H and O–H groups in total. The van der Waals surface area contributed by atoms with E-state index in [0.29, 0.717) is 37.2 Å². The van der Waals surface area contributed by atoms with Crippen LogP contribution in [0.5, 0.6) is 0 Å². The molecule has 0 radical (unpaired) electrons. The number of hydrogen-bond acceptors (Lipinski definition) is 3. The van der Waals surface area contributed by atoms with Gasteiger partial charge in [-0.2, -0.15) is 0 Å². The molecule has 2 bridgehead atoms. The average Bonchev–Trinajstić information content (AvgIpc) is 2.62. The number of Topliss-reactive ketones (excluding diaryl/α,β-unsaturated/α-hetero) is 1. The maximum Gasteiger partial charge on any atom is 0.334 e. The minimum Gasteiger partial charge on any atom is -0.448 e. The van der Waals surface area contributed by atoms with Gasteiger partial charge in [-0.1, -0.05) is 43.2 Å². The van der Waals surface area contributed by atoms with Crippen LogP contribution in [-0.4, -0.2) is 17.4 Å². The summed E-state index contributed by atoms with van der Waals surface area (Å²) < 4.78 is 5.62. The van der Waals surface area contributed by atoms with Crippen LogP contribution < -0.4 is 0 Å². The molecule has 0 aromatic carbocycles. The van der Waals surface area contributed by atoms with Gasteiger partial charge in [0.15, 0.2) is 11.4 Å². The Morgan fingerprint density at radius 3 is 2.52 bits per heavy atom. The second kappa shape index (κ2) is 7.29. The average molecular weight is 316 g/mol. The molecule has 2 heterocycles. The van der Waals surface area contributed by atoms with Crippen LogP contribution in [-0.2, 0) is 14.3 Å². The van der Waals surface area contributed by atoms with Gasteiger partial charge >= 0.3 is 5.97 Å². The van der Waals surface area contributed by atoms with Crippen LogP contribution in [0.15, 0.2) is 34.9 Å². The summed E-state index contributed by atoms with van der Waals surface area (Å²) in [6, 6.07) is 0.